The maximum Gasteiger partial charge on any atom is 0.169 e. The Morgan fingerprint density at radius 2 is 2.05 bits per heavy atom. The van der Waals surface area contributed by atoms with Gasteiger partial charge in [-0.15, -0.1) is 0 Å². The second-order valence-corrected chi connectivity index (χ2v) is 5.57. The quantitative estimate of drug-likeness (QED) is 0.759. The number of Topliss-reactive ketones (excluding diaryl/α,β-unsaturated/α-hetero) is 1. The first kappa shape index (κ1) is 12.3. The number of rotatable bonds is 3. The molecule has 0 saturated heterocycles. The van der Waals surface area contributed by atoms with Gasteiger partial charge in [0.1, 0.15) is 0 Å². The van der Waals surface area contributed by atoms with Crippen LogP contribution in [0.5, 0.6) is 0 Å². The molecule has 0 amide bonds. The van der Waals surface area contributed by atoms with Crippen LogP contribution < -0.4 is 0 Å². The molecule has 0 atom stereocenters. The first-order valence-electron chi connectivity index (χ1n) is 7.14. The van der Waals surface area contributed by atoms with Crippen molar-refractivity contribution in [1.82, 2.24) is 4.98 Å². The lowest BCUT2D eigenvalue weighted by atomic mass is 9.76. The Hall–Kier alpha value is -1.70. The molecule has 0 N–H and O–H groups in total. The predicted octanol–water partition coefficient (Wildman–Crippen LogP) is 4.39. The SMILES string of the molecule is CCC1(C(=O)c2cccc3cnccc23)CCCC1. The van der Waals surface area contributed by atoms with Gasteiger partial charge in [0.2, 0.25) is 0 Å². The van der Waals surface area contributed by atoms with Gasteiger partial charge in [-0.25, -0.2) is 0 Å². The van der Waals surface area contributed by atoms with Crippen LogP contribution in [0.1, 0.15) is 49.4 Å². The summed E-state index contributed by atoms with van der Waals surface area (Å²) < 4.78 is 0. The van der Waals surface area contributed by atoms with Crippen LogP contribution in [0.25, 0.3) is 10.8 Å². The highest BCUT2D eigenvalue weighted by molar-refractivity contribution is 6.10. The highest BCUT2D eigenvalue weighted by Crippen LogP contribution is 2.44. The predicted molar refractivity (Wildman–Crippen MR) is 77.3 cm³/mol. The molecule has 1 saturated carbocycles. The Labute approximate surface area is 113 Å². The number of pyridine rings is 1. The fraction of sp³-hybridized carbons (Fsp3) is 0.412. The lowest BCUT2D eigenvalue weighted by Gasteiger charge is -2.26. The third-order valence-electron chi connectivity index (χ3n) is 4.64. The van der Waals surface area contributed by atoms with Gasteiger partial charge in [-0.1, -0.05) is 38.0 Å². The summed E-state index contributed by atoms with van der Waals surface area (Å²) in [5.74, 6) is 0.337. The summed E-state index contributed by atoms with van der Waals surface area (Å²) in [5.41, 5.74) is 0.765. The third-order valence-corrected chi connectivity index (χ3v) is 4.64. The number of carbonyl (C=O) groups is 1. The molecule has 1 fully saturated rings. The van der Waals surface area contributed by atoms with Crippen molar-refractivity contribution < 1.29 is 4.79 Å². The molecule has 2 aromatic rings. The van der Waals surface area contributed by atoms with E-state index in [1.54, 1.807) is 6.20 Å². The van der Waals surface area contributed by atoms with E-state index in [1.807, 2.05) is 30.5 Å². The Morgan fingerprint density at radius 1 is 1.26 bits per heavy atom. The first-order valence-corrected chi connectivity index (χ1v) is 7.14. The number of carbonyl (C=O) groups excluding carboxylic acids is 1. The number of fused-ring (bicyclic) bond motifs is 1. The van der Waals surface area contributed by atoms with Crippen molar-refractivity contribution in [2.45, 2.75) is 39.0 Å². The lowest BCUT2D eigenvalue weighted by molar-refractivity contribution is 0.0793. The van der Waals surface area contributed by atoms with Crippen LogP contribution in [0.4, 0.5) is 0 Å². The van der Waals surface area contributed by atoms with Crippen molar-refractivity contribution in [3.8, 4) is 0 Å². The van der Waals surface area contributed by atoms with Gasteiger partial charge in [0.05, 0.1) is 0 Å². The molecule has 2 heteroatoms. The summed E-state index contributed by atoms with van der Waals surface area (Å²) in [6.45, 7) is 2.15. The van der Waals surface area contributed by atoms with Gasteiger partial charge in [0.25, 0.3) is 0 Å². The fourth-order valence-electron chi connectivity index (χ4n) is 3.40. The Morgan fingerprint density at radius 3 is 2.79 bits per heavy atom. The Bertz CT molecular complexity index is 606. The van der Waals surface area contributed by atoms with Crippen molar-refractivity contribution >= 4 is 16.6 Å². The summed E-state index contributed by atoms with van der Waals surface area (Å²) in [7, 11) is 0. The summed E-state index contributed by atoms with van der Waals surface area (Å²) in [5, 5.41) is 2.10. The molecule has 1 aromatic carbocycles. The van der Waals surface area contributed by atoms with E-state index in [-0.39, 0.29) is 5.41 Å². The van der Waals surface area contributed by atoms with Gasteiger partial charge in [-0.2, -0.15) is 0 Å². The minimum Gasteiger partial charge on any atom is -0.294 e. The molecule has 0 bridgehead atoms. The van der Waals surface area contributed by atoms with E-state index in [0.717, 1.165) is 35.6 Å². The zero-order chi connectivity index (χ0) is 13.3. The number of benzene rings is 1. The maximum atomic E-state index is 13.0. The molecule has 1 aliphatic carbocycles. The number of aromatic nitrogens is 1. The van der Waals surface area contributed by atoms with Crippen molar-refractivity contribution in [3.05, 3.63) is 42.2 Å². The van der Waals surface area contributed by atoms with Crippen LogP contribution in [0.15, 0.2) is 36.7 Å². The molecular formula is C17H19NO. The van der Waals surface area contributed by atoms with E-state index >= 15 is 0 Å². The monoisotopic (exact) mass is 253 g/mol. The minimum atomic E-state index is -0.114. The van der Waals surface area contributed by atoms with Gasteiger partial charge >= 0.3 is 0 Å². The second-order valence-electron chi connectivity index (χ2n) is 5.57. The molecule has 1 aromatic heterocycles. The summed E-state index contributed by atoms with van der Waals surface area (Å²) in [4.78, 5) is 17.1. The zero-order valence-corrected chi connectivity index (χ0v) is 11.4. The third kappa shape index (κ3) is 1.95. The number of ketones is 1. The van der Waals surface area contributed by atoms with E-state index in [0.29, 0.717) is 5.78 Å². The van der Waals surface area contributed by atoms with E-state index in [4.69, 9.17) is 0 Å². The summed E-state index contributed by atoms with van der Waals surface area (Å²) in [6, 6.07) is 7.92. The number of nitrogens with zero attached hydrogens (tertiary/aromatic N) is 1. The lowest BCUT2D eigenvalue weighted by Crippen LogP contribution is -2.27. The molecule has 1 heterocycles. The van der Waals surface area contributed by atoms with Crippen LogP contribution in [-0.2, 0) is 0 Å². The minimum absolute atomic E-state index is 0.114. The smallest absolute Gasteiger partial charge is 0.169 e. The van der Waals surface area contributed by atoms with Gasteiger partial charge in [-0.3, -0.25) is 9.78 Å². The molecule has 98 valence electrons. The normalized spacial score (nSPS) is 17.7. The molecule has 19 heavy (non-hydrogen) atoms. The molecule has 0 radical (unpaired) electrons. The molecule has 0 aliphatic heterocycles. The van der Waals surface area contributed by atoms with E-state index in [2.05, 4.69) is 11.9 Å². The number of hydrogen-bond donors (Lipinski definition) is 0. The first-order chi connectivity index (χ1) is 9.27. The zero-order valence-electron chi connectivity index (χ0n) is 11.4. The van der Waals surface area contributed by atoms with Gasteiger partial charge in [-0.05, 0) is 30.7 Å². The van der Waals surface area contributed by atoms with Crippen LogP contribution in [0.2, 0.25) is 0 Å². The fourth-order valence-corrected chi connectivity index (χ4v) is 3.40. The topological polar surface area (TPSA) is 30.0 Å². The summed E-state index contributed by atoms with van der Waals surface area (Å²) in [6.07, 6.45) is 9.02. The largest absolute Gasteiger partial charge is 0.294 e. The standard InChI is InChI=1S/C17H19NO/c1-2-17(9-3-4-10-17)16(19)15-7-5-6-13-12-18-11-8-14(13)15/h5-8,11-12H,2-4,9-10H2,1H3. The highest BCUT2D eigenvalue weighted by Gasteiger charge is 2.39. The number of hydrogen-bond acceptors (Lipinski definition) is 2. The second kappa shape index (κ2) is 4.76. The van der Waals surface area contributed by atoms with E-state index in [9.17, 15) is 4.79 Å². The average Bonchev–Trinajstić information content (AvgIpc) is 2.96. The van der Waals surface area contributed by atoms with E-state index < -0.39 is 0 Å². The van der Waals surface area contributed by atoms with Crippen molar-refractivity contribution in [3.63, 3.8) is 0 Å². The molecular weight excluding hydrogens is 234 g/mol. The van der Waals surface area contributed by atoms with Crippen molar-refractivity contribution in [2.24, 2.45) is 5.41 Å². The van der Waals surface area contributed by atoms with Crippen molar-refractivity contribution in [2.75, 3.05) is 0 Å². The van der Waals surface area contributed by atoms with Crippen molar-refractivity contribution in [1.29, 1.82) is 0 Å². The van der Waals surface area contributed by atoms with Gasteiger partial charge in [0, 0.05) is 28.8 Å². The molecule has 2 nitrogen and oxygen atoms in total. The van der Waals surface area contributed by atoms with Crippen LogP contribution in [0, 0.1) is 5.41 Å². The molecule has 3 rings (SSSR count). The Balaban J connectivity index is 2.11. The van der Waals surface area contributed by atoms with Gasteiger partial charge in [0.15, 0.2) is 5.78 Å². The van der Waals surface area contributed by atoms with Gasteiger partial charge < -0.3 is 0 Å². The maximum absolute atomic E-state index is 13.0. The molecule has 0 unspecified atom stereocenters. The molecule has 1 aliphatic rings. The summed E-state index contributed by atoms with van der Waals surface area (Å²) >= 11 is 0. The Kier molecular flexibility index (Phi) is 3.09. The molecule has 0 spiro atoms. The van der Waals surface area contributed by atoms with E-state index in [1.165, 1.54) is 12.8 Å². The van der Waals surface area contributed by atoms with Crippen LogP contribution in [0.3, 0.4) is 0 Å². The van der Waals surface area contributed by atoms with Crippen LogP contribution >= 0.6 is 0 Å². The van der Waals surface area contributed by atoms with Crippen LogP contribution in [-0.4, -0.2) is 10.8 Å². The highest BCUT2D eigenvalue weighted by atomic mass is 16.1. The average molecular weight is 253 g/mol.